The third-order valence-electron chi connectivity index (χ3n) is 2.14. The molecular weight excluding hydrogens is 284 g/mol. The molecule has 0 spiro atoms. The highest BCUT2D eigenvalue weighted by molar-refractivity contribution is 7.13. The number of amides is 2. The van der Waals surface area contributed by atoms with Gasteiger partial charge in [-0.05, 0) is 27.7 Å². The van der Waals surface area contributed by atoms with Crippen LogP contribution in [-0.2, 0) is 9.53 Å². The molecule has 2 atom stereocenters. The van der Waals surface area contributed by atoms with Crippen LogP contribution in [0.1, 0.15) is 27.7 Å². The average Bonchev–Trinajstić information content (AvgIpc) is 2.78. The van der Waals surface area contributed by atoms with Gasteiger partial charge in [0.2, 0.25) is 5.13 Å². The van der Waals surface area contributed by atoms with Gasteiger partial charge >= 0.3 is 6.09 Å². The summed E-state index contributed by atoms with van der Waals surface area (Å²) in [5, 5.41) is 16.7. The minimum atomic E-state index is -1.26. The first kappa shape index (κ1) is 16.5. The minimum Gasteiger partial charge on any atom is -0.443 e. The van der Waals surface area contributed by atoms with Gasteiger partial charge in [0.05, 0.1) is 6.10 Å². The lowest BCUT2D eigenvalue weighted by atomic mass is 10.2. The molecule has 8 nitrogen and oxygen atoms in total. The van der Waals surface area contributed by atoms with E-state index in [-0.39, 0.29) is 5.13 Å². The lowest BCUT2D eigenvalue weighted by Gasteiger charge is -2.26. The number of anilines is 1. The molecule has 0 fully saturated rings. The van der Waals surface area contributed by atoms with E-state index in [0.29, 0.717) is 4.90 Å². The monoisotopic (exact) mass is 302 g/mol. The van der Waals surface area contributed by atoms with Crippen LogP contribution < -0.4 is 10.6 Å². The van der Waals surface area contributed by atoms with Crippen LogP contribution in [0.15, 0.2) is 5.51 Å². The van der Waals surface area contributed by atoms with E-state index in [1.165, 1.54) is 12.4 Å². The molecule has 1 aromatic heterocycles. The Hall–Kier alpha value is -1.58. The fraction of sp³-hybridized carbons (Fsp3) is 0.636. The van der Waals surface area contributed by atoms with Crippen molar-refractivity contribution in [2.45, 2.75) is 45.4 Å². The number of hydrogen-bond acceptors (Lipinski definition) is 8. The number of rotatable bonds is 3. The minimum absolute atomic E-state index is 0.0420. The normalized spacial score (nSPS) is 14.5. The summed E-state index contributed by atoms with van der Waals surface area (Å²) in [6.07, 6.45) is -2.02. The Balaban J connectivity index is 3.04. The van der Waals surface area contributed by atoms with Crippen LogP contribution in [0.5, 0.6) is 0 Å². The number of carbonyl (C=O) groups is 2. The Morgan fingerprint density at radius 3 is 2.50 bits per heavy atom. The number of aliphatic hydroxyl groups excluding tert-OH is 1. The van der Waals surface area contributed by atoms with Gasteiger partial charge in [-0.2, -0.15) is 4.90 Å². The van der Waals surface area contributed by atoms with E-state index in [2.05, 4.69) is 10.2 Å². The van der Waals surface area contributed by atoms with Gasteiger partial charge in [-0.15, -0.1) is 10.2 Å². The molecule has 3 N–H and O–H groups in total. The van der Waals surface area contributed by atoms with E-state index in [0.717, 1.165) is 11.3 Å². The molecule has 112 valence electrons. The lowest BCUT2D eigenvalue weighted by molar-refractivity contribution is -0.121. The molecule has 1 aromatic rings. The standard InChI is InChI=1S/C11H18N4O4S/c1-6(16)7(12)8(17)15(9-14-13-5-20-9)10(18)19-11(2,3)4/h5-7,16H,12H2,1-4H3/t6-,7+/m1/s1. The van der Waals surface area contributed by atoms with E-state index in [4.69, 9.17) is 10.5 Å². The molecule has 0 aliphatic rings. The number of nitrogens with zero attached hydrogens (tertiary/aromatic N) is 3. The van der Waals surface area contributed by atoms with Gasteiger partial charge in [0.25, 0.3) is 5.91 Å². The number of aliphatic hydroxyl groups is 1. The summed E-state index contributed by atoms with van der Waals surface area (Å²) in [6.45, 7) is 6.36. The second kappa shape index (κ2) is 6.25. The molecular formula is C11H18N4O4S. The number of hydrogen-bond donors (Lipinski definition) is 2. The molecule has 0 saturated carbocycles. The molecule has 1 heterocycles. The Morgan fingerprint density at radius 2 is 2.10 bits per heavy atom. The summed E-state index contributed by atoms with van der Waals surface area (Å²) in [7, 11) is 0. The van der Waals surface area contributed by atoms with Crippen LogP contribution in [0.25, 0.3) is 0 Å². The molecule has 0 aliphatic carbocycles. The van der Waals surface area contributed by atoms with Gasteiger partial charge < -0.3 is 15.6 Å². The average molecular weight is 302 g/mol. The summed E-state index contributed by atoms with van der Waals surface area (Å²) in [4.78, 5) is 25.0. The smallest absolute Gasteiger partial charge is 0.423 e. The number of nitrogens with two attached hydrogens (primary N) is 1. The van der Waals surface area contributed by atoms with Crippen molar-refractivity contribution in [1.29, 1.82) is 0 Å². The van der Waals surface area contributed by atoms with E-state index in [1.807, 2.05) is 0 Å². The second-order valence-corrected chi connectivity index (χ2v) is 5.95. The highest BCUT2D eigenvalue weighted by Crippen LogP contribution is 2.20. The van der Waals surface area contributed by atoms with Gasteiger partial charge in [0.1, 0.15) is 17.2 Å². The summed E-state index contributed by atoms with van der Waals surface area (Å²) < 4.78 is 5.14. The maximum atomic E-state index is 12.2. The van der Waals surface area contributed by atoms with Gasteiger partial charge in [-0.25, -0.2) is 4.79 Å². The fourth-order valence-corrected chi connectivity index (χ4v) is 1.74. The number of carbonyl (C=O) groups excluding carboxylic acids is 2. The molecule has 20 heavy (non-hydrogen) atoms. The highest BCUT2D eigenvalue weighted by atomic mass is 32.1. The first-order chi connectivity index (χ1) is 9.13. The van der Waals surface area contributed by atoms with Crippen LogP contribution in [0.4, 0.5) is 9.93 Å². The lowest BCUT2D eigenvalue weighted by Crippen LogP contribution is -2.52. The van der Waals surface area contributed by atoms with Gasteiger partial charge in [-0.1, -0.05) is 11.3 Å². The van der Waals surface area contributed by atoms with Gasteiger partial charge in [0.15, 0.2) is 0 Å². The van der Waals surface area contributed by atoms with E-state index < -0.39 is 29.7 Å². The molecule has 0 bridgehead atoms. The molecule has 2 amide bonds. The summed E-state index contributed by atoms with van der Waals surface area (Å²) >= 11 is 0.988. The van der Waals surface area contributed by atoms with Crippen molar-refractivity contribution in [2.24, 2.45) is 5.73 Å². The molecule has 1 rings (SSSR count). The maximum Gasteiger partial charge on any atom is 0.423 e. The summed E-state index contributed by atoms with van der Waals surface area (Å²) in [6, 6.07) is -1.26. The SMILES string of the molecule is C[C@@H](O)[C@H](N)C(=O)N(C(=O)OC(C)(C)C)c1nncs1. The number of imide groups is 1. The molecule has 9 heteroatoms. The predicted molar refractivity (Wildman–Crippen MR) is 73.3 cm³/mol. The molecule has 0 aromatic carbocycles. The summed E-state index contributed by atoms with van der Waals surface area (Å²) in [5.74, 6) is -0.800. The van der Waals surface area contributed by atoms with E-state index >= 15 is 0 Å². The molecule has 0 radical (unpaired) electrons. The zero-order chi connectivity index (χ0) is 15.5. The van der Waals surface area contributed by atoms with Crippen molar-refractivity contribution in [3.63, 3.8) is 0 Å². The highest BCUT2D eigenvalue weighted by Gasteiger charge is 2.35. The molecule has 0 saturated heterocycles. The zero-order valence-electron chi connectivity index (χ0n) is 11.7. The third-order valence-corrected chi connectivity index (χ3v) is 2.82. The Labute approximate surface area is 120 Å². The topological polar surface area (TPSA) is 119 Å². The quantitative estimate of drug-likeness (QED) is 0.835. The van der Waals surface area contributed by atoms with Gasteiger partial charge in [-0.3, -0.25) is 4.79 Å². The van der Waals surface area contributed by atoms with Crippen molar-refractivity contribution >= 4 is 28.5 Å². The van der Waals surface area contributed by atoms with E-state index in [9.17, 15) is 14.7 Å². The first-order valence-corrected chi connectivity index (χ1v) is 6.78. The van der Waals surface area contributed by atoms with Crippen LogP contribution in [-0.4, -0.2) is 45.1 Å². The second-order valence-electron chi connectivity index (χ2n) is 5.14. The van der Waals surface area contributed by atoms with Crippen LogP contribution in [0.3, 0.4) is 0 Å². The van der Waals surface area contributed by atoms with E-state index in [1.54, 1.807) is 20.8 Å². The number of aromatic nitrogens is 2. The van der Waals surface area contributed by atoms with Crippen molar-refractivity contribution < 1.29 is 19.4 Å². The summed E-state index contributed by atoms with van der Waals surface area (Å²) in [5.41, 5.74) is 6.16. The maximum absolute atomic E-state index is 12.2. The largest absolute Gasteiger partial charge is 0.443 e. The first-order valence-electron chi connectivity index (χ1n) is 5.90. The zero-order valence-corrected chi connectivity index (χ0v) is 12.5. The fourth-order valence-electron chi connectivity index (χ4n) is 1.19. The van der Waals surface area contributed by atoms with Crippen LogP contribution in [0.2, 0.25) is 0 Å². The predicted octanol–water partition coefficient (Wildman–Crippen LogP) is 0.514. The Kier molecular flexibility index (Phi) is 5.15. The molecule has 0 unspecified atom stereocenters. The van der Waals surface area contributed by atoms with Crippen LogP contribution in [0, 0.1) is 0 Å². The number of ether oxygens (including phenoxy) is 1. The van der Waals surface area contributed by atoms with Crippen LogP contribution >= 0.6 is 11.3 Å². The third kappa shape index (κ3) is 4.22. The van der Waals surface area contributed by atoms with Crippen molar-refractivity contribution in [3.8, 4) is 0 Å². The molecule has 0 aliphatic heterocycles. The van der Waals surface area contributed by atoms with Crippen molar-refractivity contribution in [3.05, 3.63) is 5.51 Å². The Morgan fingerprint density at radius 1 is 1.50 bits per heavy atom. The van der Waals surface area contributed by atoms with Crippen molar-refractivity contribution in [1.82, 2.24) is 10.2 Å². The van der Waals surface area contributed by atoms with Gasteiger partial charge in [0, 0.05) is 0 Å². The Bertz CT molecular complexity index is 469. The van der Waals surface area contributed by atoms with Crippen molar-refractivity contribution in [2.75, 3.05) is 4.90 Å².